The summed E-state index contributed by atoms with van der Waals surface area (Å²) in [4.78, 5) is 35.4. The van der Waals surface area contributed by atoms with Crippen molar-refractivity contribution in [2.24, 2.45) is 5.92 Å². The summed E-state index contributed by atoms with van der Waals surface area (Å²) in [6.07, 6.45) is 7.38. The third-order valence-corrected chi connectivity index (χ3v) is 6.64. The lowest BCUT2D eigenvalue weighted by Crippen LogP contribution is -2.43. The zero-order chi connectivity index (χ0) is 21.2. The quantitative estimate of drug-likeness (QED) is 0.700. The SMILES string of the molecule is O=C(C1CCCCC1)N1CCC[C@@H](c2nc3c(nnn3Cc3ccccc3)c(=O)[nH]2)C1. The topological polar surface area (TPSA) is 96.8 Å². The van der Waals surface area contributed by atoms with Crippen LogP contribution in [-0.4, -0.2) is 48.9 Å². The Labute approximate surface area is 180 Å². The molecular weight excluding hydrogens is 392 g/mol. The van der Waals surface area contributed by atoms with Crippen molar-refractivity contribution in [1.29, 1.82) is 0 Å². The van der Waals surface area contributed by atoms with Crippen LogP contribution in [0, 0.1) is 5.92 Å². The van der Waals surface area contributed by atoms with Crippen LogP contribution in [-0.2, 0) is 11.3 Å². The third kappa shape index (κ3) is 4.11. The smallest absolute Gasteiger partial charge is 0.281 e. The molecule has 3 aromatic rings. The van der Waals surface area contributed by atoms with Crippen LogP contribution >= 0.6 is 0 Å². The minimum atomic E-state index is -0.268. The molecule has 1 amide bonds. The van der Waals surface area contributed by atoms with Gasteiger partial charge in [-0.2, -0.15) is 0 Å². The van der Waals surface area contributed by atoms with Crippen LogP contribution in [0.3, 0.4) is 0 Å². The number of nitrogens with one attached hydrogen (secondary N) is 1. The first-order valence-corrected chi connectivity index (χ1v) is 11.3. The molecule has 3 heterocycles. The van der Waals surface area contributed by atoms with Crippen LogP contribution in [0.2, 0.25) is 0 Å². The molecule has 0 unspecified atom stereocenters. The van der Waals surface area contributed by atoms with Gasteiger partial charge < -0.3 is 9.88 Å². The molecule has 1 saturated heterocycles. The molecule has 1 saturated carbocycles. The van der Waals surface area contributed by atoms with Gasteiger partial charge in [0, 0.05) is 24.9 Å². The van der Waals surface area contributed by atoms with Crippen molar-refractivity contribution in [1.82, 2.24) is 29.9 Å². The molecule has 0 radical (unpaired) electrons. The van der Waals surface area contributed by atoms with Gasteiger partial charge in [-0.1, -0.05) is 54.8 Å². The molecule has 8 nitrogen and oxygen atoms in total. The number of carbonyl (C=O) groups excluding carboxylic acids is 1. The second kappa shape index (κ2) is 8.61. The molecule has 5 rings (SSSR count). The first kappa shape index (κ1) is 19.9. The molecule has 2 aromatic heterocycles. The lowest BCUT2D eigenvalue weighted by atomic mass is 9.87. The Balaban J connectivity index is 1.39. The molecule has 1 aliphatic carbocycles. The Morgan fingerprint density at radius 1 is 1.06 bits per heavy atom. The van der Waals surface area contributed by atoms with E-state index in [4.69, 9.17) is 4.98 Å². The predicted octanol–water partition coefficient (Wildman–Crippen LogP) is 2.85. The number of aromatic amines is 1. The highest BCUT2D eigenvalue weighted by atomic mass is 16.2. The Morgan fingerprint density at radius 2 is 1.87 bits per heavy atom. The van der Waals surface area contributed by atoms with Crippen LogP contribution in [0.4, 0.5) is 0 Å². The summed E-state index contributed by atoms with van der Waals surface area (Å²) >= 11 is 0. The number of likely N-dealkylation sites (tertiary alicyclic amines) is 1. The lowest BCUT2D eigenvalue weighted by Gasteiger charge is -2.35. The fraction of sp³-hybridized carbons (Fsp3) is 0.522. The van der Waals surface area contributed by atoms with Crippen molar-refractivity contribution in [2.45, 2.75) is 57.4 Å². The van der Waals surface area contributed by atoms with Gasteiger partial charge in [0.2, 0.25) is 5.91 Å². The number of hydrogen-bond acceptors (Lipinski definition) is 5. The molecule has 1 N–H and O–H groups in total. The van der Waals surface area contributed by atoms with Crippen LogP contribution in [0.15, 0.2) is 35.1 Å². The van der Waals surface area contributed by atoms with Gasteiger partial charge in [0.25, 0.3) is 5.56 Å². The van der Waals surface area contributed by atoms with Gasteiger partial charge in [-0.05, 0) is 31.2 Å². The van der Waals surface area contributed by atoms with E-state index in [1.165, 1.54) is 6.42 Å². The first-order valence-electron chi connectivity index (χ1n) is 11.3. The number of rotatable bonds is 4. The maximum Gasteiger partial charge on any atom is 0.281 e. The second-order valence-electron chi connectivity index (χ2n) is 8.81. The van der Waals surface area contributed by atoms with Gasteiger partial charge in [-0.15, -0.1) is 5.10 Å². The van der Waals surface area contributed by atoms with Crippen molar-refractivity contribution >= 4 is 17.1 Å². The summed E-state index contributed by atoms with van der Waals surface area (Å²) in [7, 11) is 0. The Hall–Kier alpha value is -3.03. The summed E-state index contributed by atoms with van der Waals surface area (Å²) in [5.41, 5.74) is 1.55. The molecule has 1 aromatic carbocycles. The van der Waals surface area contributed by atoms with Crippen LogP contribution in [0.1, 0.15) is 62.3 Å². The van der Waals surface area contributed by atoms with E-state index in [2.05, 4.69) is 15.3 Å². The van der Waals surface area contributed by atoms with E-state index in [0.29, 0.717) is 24.6 Å². The number of H-pyrrole nitrogens is 1. The van der Waals surface area contributed by atoms with Crippen LogP contribution in [0.25, 0.3) is 11.2 Å². The number of benzene rings is 1. The molecular formula is C23H28N6O2. The van der Waals surface area contributed by atoms with Crippen molar-refractivity contribution in [3.8, 4) is 0 Å². The summed E-state index contributed by atoms with van der Waals surface area (Å²) in [6.45, 7) is 1.92. The maximum absolute atomic E-state index is 13.0. The average molecular weight is 421 g/mol. The molecule has 2 aliphatic rings. The van der Waals surface area contributed by atoms with Crippen molar-refractivity contribution in [3.63, 3.8) is 0 Å². The normalized spacial score (nSPS) is 20.3. The minimum absolute atomic E-state index is 0.0264. The van der Waals surface area contributed by atoms with E-state index in [0.717, 1.165) is 50.6 Å². The minimum Gasteiger partial charge on any atom is -0.342 e. The maximum atomic E-state index is 13.0. The predicted molar refractivity (Wildman–Crippen MR) is 117 cm³/mol. The van der Waals surface area contributed by atoms with Gasteiger partial charge in [0.15, 0.2) is 11.2 Å². The second-order valence-corrected chi connectivity index (χ2v) is 8.81. The summed E-state index contributed by atoms with van der Waals surface area (Å²) < 4.78 is 1.68. The molecule has 8 heteroatoms. The standard InChI is InChI=1S/C23H28N6O2/c30-22-19-21(29(27-26-19)14-16-8-3-1-4-9-16)24-20(25-22)18-12-7-13-28(15-18)23(31)17-10-5-2-6-11-17/h1,3-4,8-9,17-18H,2,5-7,10-15H2,(H,24,25,30)/t18-/m1/s1. The molecule has 0 bridgehead atoms. The molecule has 0 spiro atoms. The fourth-order valence-electron chi connectivity index (χ4n) is 4.95. The van der Waals surface area contributed by atoms with E-state index in [9.17, 15) is 9.59 Å². The number of piperidine rings is 1. The highest BCUT2D eigenvalue weighted by Crippen LogP contribution is 2.30. The van der Waals surface area contributed by atoms with Crippen molar-refractivity contribution < 1.29 is 4.79 Å². The molecule has 1 aliphatic heterocycles. The summed E-state index contributed by atoms with van der Waals surface area (Å²) in [5, 5.41) is 8.21. The van der Waals surface area contributed by atoms with E-state index >= 15 is 0 Å². The summed E-state index contributed by atoms with van der Waals surface area (Å²) in [6, 6.07) is 9.93. The third-order valence-electron chi connectivity index (χ3n) is 6.64. The highest BCUT2D eigenvalue weighted by molar-refractivity contribution is 5.79. The zero-order valence-corrected chi connectivity index (χ0v) is 17.7. The Kier molecular flexibility index (Phi) is 5.53. The molecule has 1 atom stereocenters. The number of amides is 1. The van der Waals surface area contributed by atoms with Gasteiger partial charge in [0.05, 0.1) is 6.54 Å². The van der Waals surface area contributed by atoms with Gasteiger partial charge in [0.1, 0.15) is 5.82 Å². The monoisotopic (exact) mass is 420 g/mol. The molecule has 2 fully saturated rings. The molecule has 31 heavy (non-hydrogen) atoms. The zero-order valence-electron chi connectivity index (χ0n) is 17.7. The van der Waals surface area contributed by atoms with E-state index in [1.807, 2.05) is 35.2 Å². The van der Waals surface area contributed by atoms with E-state index < -0.39 is 0 Å². The van der Waals surface area contributed by atoms with Crippen molar-refractivity contribution in [3.05, 3.63) is 52.1 Å². The van der Waals surface area contributed by atoms with Gasteiger partial charge in [-0.25, -0.2) is 9.67 Å². The van der Waals surface area contributed by atoms with Gasteiger partial charge in [-0.3, -0.25) is 9.59 Å². The fourth-order valence-corrected chi connectivity index (χ4v) is 4.95. The number of fused-ring (bicyclic) bond motifs is 1. The Morgan fingerprint density at radius 3 is 2.68 bits per heavy atom. The number of hydrogen-bond donors (Lipinski definition) is 1. The lowest BCUT2D eigenvalue weighted by molar-refractivity contribution is -0.137. The number of aromatic nitrogens is 5. The largest absolute Gasteiger partial charge is 0.342 e. The Bertz CT molecular complexity index is 1120. The van der Waals surface area contributed by atoms with E-state index in [1.54, 1.807) is 4.68 Å². The first-order chi connectivity index (χ1) is 15.2. The number of carbonyl (C=O) groups is 1. The molecule has 162 valence electrons. The van der Waals surface area contributed by atoms with E-state index in [-0.39, 0.29) is 28.8 Å². The number of nitrogens with zero attached hydrogens (tertiary/aromatic N) is 5. The van der Waals surface area contributed by atoms with Crippen LogP contribution < -0.4 is 5.56 Å². The summed E-state index contributed by atoms with van der Waals surface area (Å²) in [5.74, 6) is 1.11. The average Bonchev–Trinajstić information content (AvgIpc) is 3.23. The van der Waals surface area contributed by atoms with Crippen LogP contribution in [0.5, 0.6) is 0 Å². The van der Waals surface area contributed by atoms with Crippen molar-refractivity contribution in [2.75, 3.05) is 13.1 Å². The van der Waals surface area contributed by atoms with Gasteiger partial charge >= 0.3 is 0 Å². The highest BCUT2D eigenvalue weighted by Gasteiger charge is 2.31.